The Labute approximate surface area is 114 Å². The molecule has 3 rings (SSSR count). The predicted octanol–water partition coefficient (Wildman–Crippen LogP) is 2.26. The molecule has 0 radical (unpaired) electrons. The monoisotopic (exact) mass is 259 g/mol. The molecule has 0 aromatic heterocycles. The SMILES string of the molecule is O=C(NCC1(c2ccccc2)CC1)C1CCOCC1. The zero-order valence-electron chi connectivity index (χ0n) is 11.2. The molecule has 3 heteroatoms. The molecule has 0 bridgehead atoms. The molecule has 2 aliphatic rings. The van der Waals surface area contributed by atoms with Gasteiger partial charge in [-0.1, -0.05) is 30.3 Å². The maximum atomic E-state index is 12.1. The Balaban J connectivity index is 1.56. The summed E-state index contributed by atoms with van der Waals surface area (Å²) in [6.07, 6.45) is 4.10. The first-order valence-electron chi connectivity index (χ1n) is 7.21. The minimum Gasteiger partial charge on any atom is -0.381 e. The van der Waals surface area contributed by atoms with Gasteiger partial charge in [-0.05, 0) is 31.2 Å². The molecule has 1 aromatic rings. The predicted molar refractivity (Wildman–Crippen MR) is 73.9 cm³/mol. The van der Waals surface area contributed by atoms with Crippen LogP contribution in [-0.2, 0) is 14.9 Å². The van der Waals surface area contributed by atoms with Crippen LogP contribution in [0.15, 0.2) is 30.3 Å². The molecule has 19 heavy (non-hydrogen) atoms. The first-order chi connectivity index (χ1) is 9.30. The summed E-state index contributed by atoms with van der Waals surface area (Å²) in [4.78, 5) is 12.1. The summed E-state index contributed by atoms with van der Waals surface area (Å²) in [5, 5.41) is 3.16. The van der Waals surface area contributed by atoms with Crippen molar-refractivity contribution in [3.05, 3.63) is 35.9 Å². The molecule has 1 aliphatic carbocycles. The summed E-state index contributed by atoms with van der Waals surface area (Å²) in [7, 11) is 0. The van der Waals surface area contributed by atoms with Crippen LogP contribution in [0.1, 0.15) is 31.2 Å². The molecule has 0 spiro atoms. The first-order valence-corrected chi connectivity index (χ1v) is 7.21. The average Bonchev–Trinajstić information content (AvgIpc) is 3.28. The van der Waals surface area contributed by atoms with Gasteiger partial charge in [0.1, 0.15) is 0 Å². The Hall–Kier alpha value is -1.35. The number of amides is 1. The van der Waals surface area contributed by atoms with Crippen molar-refractivity contribution in [3.63, 3.8) is 0 Å². The number of carbonyl (C=O) groups is 1. The minimum atomic E-state index is 0.153. The summed E-state index contributed by atoms with van der Waals surface area (Å²) < 4.78 is 5.30. The van der Waals surface area contributed by atoms with Crippen molar-refractivity contribution in [2.75, 3.05) is 19.8 Å². The van der Waals surface area contributed by atoms with Crippen LogP contribution < -0.4 is 5.32 Å². The van der Waals surface area contributed by atoms with Gasteiger partial charge >= 0.3 is 0 Å². The maximum absolute atomic E-state index is 12.1. The molecule has 1 aliphatic heterocycles. The third kappa shape index (κ3) is 2.81. The summed E-state index contributed by atoms with van der Waals surface area (Å²) >= 11 is 0. The lowest BCUT2D eigenvalue weighted by Gasteiger charge is -2.23. The van der Waals surface area contributed by atoms with Gasteiger partial charge in [-0.3, -0.25) is 4.79 Å². The van der Waals surface area contributed by atoms with Crippen molar-refractivity contribution in [2.45, 2.75) is 31.1 Å². The van der Waals surface area contributed by atoms with Gasteiger partial charge in [0.2, 0.25) is 5.91 Å². The van der Waals surface area contributed by atoms with E-state index in [0.717, 1.165) is 32.6 Å². The van der Waals surface area contributed by atoms with E-state index in [4.69, 9.17) is 4.74 Å². The normalized spacial score (nSPS) is 21.9. The summed E-state index contributed by atoms with van der Waals surface area (Å²) in [5.41, 5.74) is 1.57. The van der Waals surface area contributed by atoms with Gasteiger partial charge in [0.15, 0.2) is 0 Å². The highest BCUT2D eigenvalue weighted by Gasteiger charge is 2.44. The molecule has 0 unspecified atom stereocenters. The van der Waals surface area contributed by atoms with Gasteiger partial charge in [0.05, 0.1) is 0 Å². The number of hydrogen-bond acceptors (Lipinski definition) is 2. The van der Waals surface area contributed by atoms with Crippen molar-refractivity contribution in [2.24, 2.45) is 5.92 Å². The number of hydrogen-bond donors (Lipinski definition) is 1. The fourth-order valence-corrected chi connectivity index (χ4v) is 2.87. The molecule has 1 saturated heterocycles. The Morgan fingerprint density at radius 3 is 2.53 bits per heavy atom. The van der Waals surface area contributed by atoms with Crippen molar-refractivity contribution >= 4 is 5.91 Å². The third-order valence-corrected chi connectivity index (χ3v) is 4.43. The van der Waals surface area contributed by atoms with Crippen LogP contribution in [0.5, 0.6) is 0 Å². The fourth-order valence-electron chi connectivity index (χ4n) is 2.87. The van der Waals surface area contributed by atoms with Gasteiger partial charge in [0, 0.05) is 31.1 Å². The van der Waals surface area contributed by atoms with Crippen LogP contribution in [0.3, 0.4) is 0 Å². The Morgan fingerprint density at radius 1 is 1.21 bits per heavy atom. The van der Waals surface area contributed by atoms with Crippen LogP contribution in [-0.4, -0.2) is 25.7 Å². The number of nitrogens with one attached hydrogen (secondary N) is 1. The molecule has 1 saturated carbocycles. The molecule has 102 valence electrons. The number of benzene rings is 1. The quantitative estimate of drug-likeness (QED) is 0.900. The number of ether oxygens (including phenoxy) is 1. The standard InChI is InChI=1S/C16H21NO2/c18-15(13-6-10-19-11-7-13)17-12-16(8-9-16)14-4-2-1-3-5-14/h1-5,13H,6-12H2,(H,17,18). The van der Waals surface area contributed by atoms with Gasteiger partial charge in [-0.25, -0.2) is 0 Å². The van der Waals surface area contributed by atoms with Gasteiger partial charge in [-0.2, -0.15) is 0 Å². The van der Waals surface area contributed by atoms with E-state index in [1.54, 1.807) is 0 Å². The molecular formula is C16H21NO2. The molecule has 1 amide bonds. The van der Waals surface area contributed by atoms with E-state index >= 15 is 0 Å². The lowest BCUT2D eigenvalue weighted by molar-refractivity contribution is -0.127. The topological polar surface area (TPSA) is 38.3 Å². The van der Waals surface area contributed by atoms with Crippen LogP contribution in [0, 0.1) is 5.92 Å². The highest BCUT2D eigenvalue weighted by atomic mass is 16.5. The Kier molecular flexibility index (Phi) is 3.56. The molecule has 1 aromatic carbocycles. The average molecular weight is 259 g/mol. The van der Waals surface area contributed by atoms with Crippen molar-refractivity contribution in [3.8, 4) is 0 Å². The zero-order chi connectivity index (χ0) is 13.1. The van der Waals surface area contributed by atoms with Gasteiger partial charge in [0.25, 0.3) is 0 Å². The molecule has 1 N–H and O–H groups in total. The van der Waals surface area contributed by atoms with Crippen molar-refractivity contribution < 1.29 is 9.53 Å². The second-order valence-corrected chi connectivity index (χ2v) is 5.75. The lowest BCUT2D eigenvalue weighted by atomic mass is 9.94. The van der Waals surface area contributed by atoms with Gasteiger partial charge < -0.3 is 10.1 Å². The minimum absolute atomic E-state index is 0.153. The molecule has 3 nitrogen and oxygen atoms in total. The van der Waals surface area contributed by atoms with E-state index in [1.165, 1.54) is 18.4 Å². The maximum Gasteiger partial charge on any atom is 0.223 e. The van der Waals surface area contributed by atoms with Crippen LogP contribution in [0.2, 0.25) is 0 Å². The number of carbonyl (C=O) groups excluding carboxylic acids is 1. The van der Waals surface area contributed by atoms with E-state index in [1.807, 2.05) is 6.07 Å². The van der Waals surface area contributed by atoms with Crippen LogP contribution in [0.4, 0.5) is 0 Å². The molecular weight excluding hydrogens is 238 g/mol. The zero-order valence-corrected chi connectivity index (χ0v) is 11.2. The van der Waals surface area contributed by atoms with Gasteiger partial charge in [-0.15, -0.1) is 0 Å². The summed E-state index contributed by atoms with van der Waals surface area (Å²) in [5.74, 6) is 0.367. The first kappa shape index (κ1) is 12.7. The van der Waals surface area contributed by atoms with Crippen molar-refractivity contribution in [1.29, 1.82) is 0 Å². The number of rotatable bonds is 4. The Morgan fingerprint density at radius 2 is 1.89 bits per heavy atom. The molecule has 1 heterocycles. The fraction of sp³-hybridized carbons (Fsp3) is 0.562. The second-order valence-electron chi connectivity index (χ2n) is 5.75. The second kappa shape index (κ2) is 5.33. The van der Waals surface area contributed by atoms with E-state index in [9.17, 15) is 4.79 Å². The smallest absolute Gasteiger partial charge is 0.223 e. The highest BCUT2D eigenvalue weighted by Crippen LogP contribution is 2.47. The van der Waals surface area contributed by atoms with E-state index < -0.39 is 0 Å². The summed E-state index contributed by atoms with van der Waals surface area (Å²) in [6, 6.07) is 10.5. The van der Waals surface area contributed by atoms with E-state index in [0.29, 0.717) is 0 Å². The van der Waals surface area contributed by atoms with Crippen LogP contribution >= 0.6 is 0 Å². The largest absolute Gasteiger partial charge is 0.381 e. The Bertz CT molecular complexity index is 433. The lowest BCUT2D eigenvalue weighted by Crippen LogP contribution is -2.38. The van der Waals surface area contributed by atoms with Crippen molar-refractivity contribution in [1.82, 2.24) is 5.32 Å². The third-order valence-electron chi connectivity index (χ3n) is 4.43. The van der Waals surface area contributed by atoms with Crippen LogP contribution in [0.25, 0.3) is 0 Å². The molecule has 0 atom stereocenters. The van der Waals surface area contributed by atoms with E-state index in [2.05, 4.69) is 29.6 Å². The highest BCUT2D eigenvalue weighted by molar-refractivity contribution is 5.78. The molecule has 2 fully saturated rings. The summed E-state index contributed by atoms with van der Waals surface area (Å²) in [6.45, 7) is 2.23. The van der Waals surface area contributed by atoms with E-state index in [-0.39, 0.29) is 17.2 Å².